The molecule has 0 amide bonds. The van der Waals surface area contributed by atoms with E-state index < -0.39 is 11.6 Å². The maximum Gasteiger partial charge on any atom is 0.182 e. The topological polar surface area (TPSA) is 79.4 Å². The smallest absolute Gasteiger partial charge is 0.182 e. The van der Waals surface area contributed by atoms with Gasteiger partial charge in [0.15, 0.2) is 23.1 Å². The van der Waals surface area contributed by atoms with E-state index >= 15 is 0 Å². The number of benzene rings is 2. The van der Waals surface area contributed by atoms with Gasteiger partial charge in [0.05, 0.1) is 17.5 Å². The third kappa shape index (κ3) is 3.21. The number of hydrogen-bond acceptors (Lipinski definition) is 5. The van der Waals surface area contributed by atoms with E-state index in [9.17, 15) is 8.78 Å². The van der Waals surface area contributed by atoms with E-state index in [1.165, 1.54) is 12.7 Å². The fourth-order valence-electron chi connectivity index (χ4n) is 3.31. The van der Waals surface area contributed by atoms with Gasteiger partial charge >= 0.3 is 0 Å². The Labute approximate surface area is 174 Å². The molecule has 0 aliphatic carbocycles. The Balaban J connectivity index is 1.63. The van der Waals surface area contributed by atoms with Gasteiger partial charge in [0.1, 0.15) is 11.8 Å². The number of pyridine rings is 1. The zero-order valence-electron chi connectivity index (χ0n) is 15.3. The molecule has 6 nitrogen and oxygen atoms in total. The lowest BCUT2D eigenvalue weighted by Gasteiger charge is -2.14. The molecule has 0 spiro atoms. The molecule has 9 heteroatoms. The molecule has 0 radical (unpaired) electrons. The van der Waals surface area contributed by atoms with Crippen molar-refractivity contribution < 1.29 is 8.78 Å². The highest BCUT2D eigenvalue weighted by molar-refractivity contribution is 6.33. The summed E-state index contributed by atoms with van der Waals surface area (Å²) in [5, 5.41) is 4.23. The van der Waals surface area contributed by atoms with Crippen molar-refractivity contribution >= 4 is 39.5 Å². The molecule has 5 rings (SSSR count). The van der Waals surface area contributed by atoms with Crippen molar-refractivity contribution in [2.75, 3.05) is 5.32 Å². The molecular formula is C21H13ClF2N6. The fraction of sp³-hybridized carbons (Fsp3) is 0.0476. The molecule has 30 heavy (non-hydrogen) atoms. The van der Waals surface area contributed by atoms with Gasteiger partial charge in [-0.15, -0.1) is 0 Å². The summed E-state index contributed by atoms with van der Waals surface area (Å²) in [6, 6.07) is 11.2. The van der Waals surface area contributed by atoms with Gasteiger partial charge in [0, 0.05) is 28.6 Å². The molecule has 3 heterocycles. The first-order valence-corrected chi connectivity index (χ1v) is 9.39. The van der Waals surface area contributed by atoms with Crippen LogP contribution in [0.4, 0.5) is 14.6 Å². The van der Waals surface area contributed by atoms with Crippen molar-refractivity contribution in [3.63, 3.8) is 0 Å². The average molecular weight is 423 g/mol. The lowest BCUT2D eigenvalue weighted by Crippen LogP contribution is -2.06. The molecule has 0 unspecified atom stereocenters. The van der Waals surface area contributed by atoms with Gasteiger partial charge in [-0.05, 0) is 23.8 Å². The number of nitrogens with one attached hydrogen (secondary N) is 2. The molecule has 0 saturated heterocycles. The van der Waals surface area contributed by atoms with Crippen LogP contribution in [-0.2, 0) is 6.54 Å². The number of halogens is 3. The molecule has 0 bridgehead atoms. The van der Waals surface area contributed by atoms with Crippen LogP contribution in [0.1, 0.15) is 5.56 Å². The number of H-pyrrole nitrogens is 1. The normalized spacial score (nSPS) is 11.3. The van der Waals surface area contributed by atoms with E-state index in [4.69, 9.17) is 11.6 Å². The van der Waals surface area contributed by atoms with Crippen molar-refractivity contribution in [1.29, 1.82) is 0 Å². The van der Waals surface area contributed by atoms with Crippen molar-refractivity contribution in [2.24, 2.45) is 0 Å². The highest BCUT2D eigenvalue weighted by atomic mass is 35.5. The lowest BCUT2D eigenvalue weighted by molar-refractivity contribution is 0.510. The summed E-state index contributed by atoms with van der Waals surface area (Å²) in [5.74, 6) is -1.31. The summed E-state index contributed by atoms with van der Waals surface area (Å²) < 4.78 is 27.6. The van der Waals surface area contributed by atoms with E-state index in [1.54, 1.807) is 12.1 Å². The molecule has 0 aliphatic heterocycles. The van der Waals surface area contributed by atoms with E-state index in [0.29, 0.717) is 50.7 Å². The number of anilines is 1. The second kappa shape index (κ2) is 7.31. The van der Waals surface area contributed by atoms with Crippen molar-refractivity contribution in [3.05, 3.63) is 77.3 Å². The van der Waals surface area contributed by atoms with Crippen molar-refractivity contribution in [2.45, 2.75) is 6.54 Å². The van der Waals surface area contributed by atoms with Crippen LogP contribution in [-0.4, -0.2) is 24.9 Å². The highest BCUT2D eigenvalue weighted by Gasteiger charge is 2.15. The SMILES string of the molecule is Fc1cc2cc(CNc3ncnc4nc[nH]c34)c(-c3ccccc3Cl)nc2cc1F. The van der Waals surface area contributed by atoms with Crippen LogP contribution in [0, 0.1) is 11.6 Å². The summed E-state index contributed by atoms with van der Waals surface area (Å²) in [4.78, 5) is 20.0. The van der Waals surface area contributed by atoms with Crippen molar-refractivity contribution in [3.8, 4) is 11.3 Å². The molecule has 148 valence electrons. The van der Waals surface area contributed by atoms with Gasteiger partial charge < -0.3 is 10.3 Å². The van der Waals surface area contributed by atoms with Gasteiger partial charge in [-0.3, -0.25) is 0 Å². The first-order chi connectivity index (χ1) is 14.6. The maximum atomic E-state index is 13.8. The molecule has 3 aromatic heterocycles. The average Bonchev–Trinajstić information content (AvgIpc) is 3.23. The molecule has 0 aliphatic rings. The number of aromatic amines is 1. The Morgan fingerprint density at radius 2 is 1.83 bits per heavy atom. The number of rotatable bonds is 4. The Hall–Kier alpha value is -3.65. The number of fused-ring (bicyclic) bond motifs is 2. The number of hydrogen-bond donors (Lipinski definition) is 2. The Morgan fingerprint density at radius 3 is 2.70 bits per heavy atom. The predicted molar refractivity (Wildman–Crippen MR) is 111 cm³/mol. The van der Waals surface area contributed by atoms with E-state index in [1.807, 2.05) is 18.2 Å². The van der Waals surface area contributed by atoms with Crippen LogP contribution in [0.25, 0.3) is 33.3 Å². The van der Waals surface area contributed by atoms with Gasteiger partial charge in [0.2, 0.25) is 0 Å². The first kappa shape index (κ1) is 18.4. The Kier molecular flexibility index (Phi) is 4.48. The standard InChI is InChI=1S/C21H13ClF2N6/c22-14-4-2-1-3-13(14)18-12(5-11-6-15(23)16(24)7-17(11)30-18)8-25-20-19-21(27-9-26-19)29-10-28-20/h1-7,9-10H,8H2,(H2,25,26,27,28,29). The largest absolute Gasteiger partial charge is 0.364 e. The highest BCUT2D eigenvalue weighted by Crippen LogP contribution is 2.32. The van der Waals surface area contributed by atoms with Crippen LogP contribution >= 0.6 is 11.6 Å². The number of nitrogens with zero attached hydrogens (tertiary/aromatic N) is 4. The fourth-order valence-corrected chi connectivity index (χ4v) is 3.54. The summed E-state index contributed by atoms with van der Waals surface area (Å²) in [7, 11) is 0. The second-order valence-electron chi connectivity index (χ2n) is 6.61. The number of imidazole rings is 1. The minimum atomic E-state index is -0.950. The Bertz CT molecular complexity index is 1400. The monoisotopic (exact) mass is 422 g/mol. The molecule has 2 N–H and O–H groups in total. The molecule has 0 atom stereocenters. The van der Waals surface area contributed by atoms with E-state index in [-0.39, 0.29) is 0 Å². The maximum absolute atomic E-state index is 13.8. The summed E-state index contributed by atoms with van der Waals surface area (Å²) in [6.07, 6.45) is 2.95. The molecule has 2 aromatic carbocycles. The third-order valence-electron chi connectivity index (χ3n) is 4.73. The van der Waals surface area contributed by atoms with Gasteiger partial charge in [-0.1, -0.05) is 29.8 Å². The summed E-state index contributed by atoms with van der Waals surface area (Å²) in [5.41, 5.74) is 3.55. The van der Waals surface area contributed by atoms with E-state index in [2.05, 4.69) is 30.2 Å². The molecule has 5 aromatic rings. The minimum Gasteiger partial charge on any atom is -0.364 e. The van der Waals surface area contributed by atoms with Crippen LogP contribution in [0.3, 0.4) is 0 Å². The summed E-state index contributed by atoms with van der Waals surface area (Å²) in [6.45, 7) is 0.313. The van der Waals surface area contributed by atoms with Crippen LogP contribution < -0.4 is 5.32 Å². The third-order valence-corrected chi connectivity index (χ3v) is 5.06. The quantitative estimate of drug-likeness (QED) is 0.420. The van der Waals surface area contributed by atoms with Crippen LogP contribution in [0.5, 0.6) is 0 Å². The number of aromatic nitrogens is 5. The molecule has 0 saturated carbocycles. The second-order valence-corrected chi connectivity index (χ2v) is 7.02. The van der Waals surface area contributed by atoms with Crippen LogP contribution in [0.2, 0.25) is 5.02 Å². The lowest BCUT2D eigenvalue weighted by atomic mass is 10.0. The predicted octanol–water partition coefficient (Wildman–Crippen LogP) is 5.11. The minimum absolute atomic E-state index is 0.313. The summed E-state index contributed by atoms with van der Waals surface area (Å²) >= 11 is 6.39. The van der Waals surface area contributed by atoms with Crippen LogP contribution in [0.15, 0.2) is 55.1 Å². The van der Waals surface area contributed by atoms with Crippen molar-refractivity contribution in [1.82, 2.24) is 24.9 Å². The van der Waals surface area contributed by atoms with E-state index in [0.717, 1.165) is 17.7 Å². The zero-order valence-corrected chi connectivity index (χ0v) is 16.1. The zero-order chi connectivity index (χ0) is 20.7. The van der Waals surface area contributed by atoms with Gasteiger partial charge in [0.25, 0.3) is 0 Å². The molecule has 0 fully saturated rings. The molecular weight excluding hydrogens is 410 g/mol. The Morgan fingerprint density at radius 1 is 1.00 bits per heavy atom. The first-order valence-electron chi connectivity index (χ1n) is 9.01. The van der Waals surface area contributed by atoms with Gasteiger partial charge in [-0.2, -0.15) is 0 Å². The van der Waals surface area contributed by atoms with Gasteiger partial charge in [-0.25, -0.2) is 28.7 Å².